The maximum atomic E-state index is 11.7. The number of allylic oxidation sites excluding steroid dienone is 3. The van der Waals surface area contributed by atoms with Crippen molar-refractivity contribution in [2.24, 2.45) is 28.7 Å². The Labute approximate surface area is 305 Å². The maximum absolute atomic E-state index is 11.7. The van der Waals surface area contributed by atoms with Crippen LogP contribution in [0.1, 0.15) is 146 Å². The molecule has 0 spiro atoms. The van der Waals surface area contributed by atoms with Crippen LogP contribution in [0.3, 0.4) is 0 Å². The topological polar surface area (TPSA) is 59.9 Å². The van der Waals surface area contributed by atoms with Crippen LogP contribution in [-0.2, 0) is 9.47 Å². The molecule has 3 aliphatic heterocycles. The number of ether oxygens (including phenoxy) is 2. The number of benzene rings is 1. The van der Waals surface area contributed by atoms with Gasteiger partial charge in [0.25, 0.3) is 0 Å². The van der Waals surface area contributed by atoms with Crippen molar-refractivity contribution in [1.29, 1.82) is 0 Å². The SMILES string of the molecule is C.C.C.C=C/C(=C1/N=C(C)C(CCCC2CCOCC2)CN1)c1ccc(C(C)=O)c(C)c1.C=CC[C@@H](C)C1CCOCC1.CC.CC.P.[HH].[HH]. The summed E-state index contributed by atoms with van der Waals surface area (Å²) in [6.07, 6.45) is 13.7. The summed E-state index contributed by atoms with van der Waals surface area (Å²) < 4.78 is 10.8. The van der Waals surface area contributed by atoms with Gasteiger partial charge in [-0.25, -0.2) is 4.99 Å². The fraction of sp³-hybridized carbons (Fsp3) is 0.667. The van der Waals surface area contributed by atoms with Gasteiger partial charge in [0.2, 0.25) is 0 Å². The summed E-state index contributed by atoms with van der Waals surface area (Å²) in [6, 6.07) is 5.93. The predicted octanol–water partition coefficient (Wildman–Crippen LogP) is 12.5. The van der Waals surface area contributed by atoms with Crippen molar-refractivity contribution < 1.29 is 17.1 Å². The molecule has 2 fully saturated rings. The predicted molar refractivity (Wildman–Crippen MR) is 226 cm³/mol. The molecule has 6 heteroatoms. The molecule has 1 aromatic rings. The molecule has 0 amide bonds. The number of carbonyl (C=O) groups is 1. The van der Waals surface area contributed by atoms with Gasteiger partial charge in [-0.2, -0.15) is 9.90 Å². The third kappa shape index (κ3) is 18.1. The minimum absolute atomic E-state index is 0. The first-order valence-corrected chi connectivity index (χ1v) is 17.4. The van der Waals surface area contributed by atoms with E-state index in [4.69, 9.17) is 14.5 Å². The maximum Gasteiger partial charge on any atom is 0.160 e. The number of rotatable bonds is 10. The van der Waals surface area contributed by atoms with E-state index in [1.54, 1.807) is 6.92 Å². The Morgan fingerprint density at radius 2 is 1.54 bits per heavy atom. The summed E-state index contributed by atoms with van der Waals surface area (Å²) in [4.78, 5) is 16.6. The molecule has 2 unspecified atom stereocenters. The summed E-state index contributed by atoms with van der Waals surface area (Å²) in [5.74, 6) is 3.98. The first-order chi connectivity index (χ1) is 21.3. The fourth-order valence-electron chi connectivity index (χ4n) is 6.15. The van der Waals surface area contributed by atoms with Gasteiger partial charge in [0.1, 0.15) is 5.82 Å². The Morgan fingerprint density at radius 3 is 2.02 bits per heavy atom. The van der Waals surface area contributed by atoms with E-state index in [9.17, 15) is 4.79 Å². The Balaban J connectivity index is -0.000000198. The summed E-state index contributed by atoms with van der Waals surface area (Å²) in [7, 11) is 0. The van der Waals surface area contributed by atoms with E-state index in [1.165, 1.54) is 50.7 Å². The Kier molecular flexibility index (Phi) is 34.0. The number of hydrogen-bond acceptors (Lipinski definition) is 5. The summed E-state index contributed by atoms with van der Waals surface area (Å²) >= 11 is 0. The molecule has 1 N–H and O–H groups in total. The number of hydrogen-bond donors (Lipinski definition) is 1. The molecule has 4 rings (SSSR count). The average molecular weight is 695 g/mol. The standard InChI is InChI=1S/C25H34N2O2.C10H18O.2C2H6.3CH4.H3P.2H2/c1-5-23(21-9-10-24(19(4)28)17(2)15-21)25-26-16-22(18(3)27-25)8-6-7-20-11-13-29-14-12-20;1-3-4-9(2)10-5-7-11-8-6-10;2*1-2;;;;;;/h5,9-10,15,20,22,26H,1,6-8,11-14,16H2,2-4H3;3,9-10H,1,4-8H2,2H3;2*1-2H3;3*1H4;1H3;2*1H/b25-23-;;;;;;;;;/t;9-;;;;;;;;/m.1......../s1. The number of nitrogens with zero attached hydrogens (tertiary/aromatic N) is 1. The molecular formula is C42H83N2O3P. The van der Waals surface area contributed by atoms with E-state index in [1.807, 2.05) is 65.0 Å². The molecule has 3 atom stereocenters. The van der Waals surface area contributed by atoms with Gasteiger partial charge in [-0.05, 0) is 88.2 Å². The molecule has 2 saturated heterocycles. The van der Waals surface area contributed by atoms with Gasteiger partial charge in [0, 0.05) is 58.6 Å². The molecule has 0 aromatic heterocycles. The third-order valence-electron chi connectivity index (χ3n) is 8.89. The molecule has 0 radical (unpaired) electrons. The van der Waals surface area contributed by atoms with E-state index < -0.39 is 0 Å². The highest BCUT2D eigenvalue weighted by atomic mass is 31.0. The lowest BCUT2D eigenvalue weighted by molar-refractivity contribution is 0.0499. The fourth-order valence-corrected chi connectivity index (χ4v) is 6.15. The van der Waals surface area contributed by atoms with Crippen LogP contribution in [0.2, 0.25) is 0 Å². The number of ketones is 1. The van der Waals surface area contributed by atoms with E-state index >= 15 is 0 Å². The van der Waals surface area contributed by atoms with Crippen molar-refractivity contribution in [3.8, 4) is 0 Å². The lowest BCUT2D eigenvalue weighted by Crippen LogP contribution is -2.32. The van der Waals surface area contributed by atoms with Crippen molar-refractivity contribution in [1.82, 2.24) is 5.32 Å². The minimum atomic E-state index is 0. The lowest BCUT2D eigenvalue weighted by Gasteiger charge is -2.27. The highest BCUT2D eigenvalue weighted by molar-refractivity contribution is 6.92. The number of nitrogens with one attached hydrogen (secondary N) is 1. The van der Waals surface area contributed by atoms with Gasteiger partial charge < -0.3 is 14.8 Å². The summed E-state index contributed by atoms with van der Waals surface area (Å²) in [5, 5.41) is 3.53. The third-order valence-corrected chi connectivity index (χ3v) is 8.89. The van der Waals surface area contributed by atoms with Crippen LogP contribution < -0.4 is 5.32 Å². The van der Waals surface area contributed by atoms with Crippen molar-refractivity contribution in [3.63, 3.8) is 0 Å². The van der Waals surface area contributed by atoms with Crippen molar-refractivity contribution in [3.05, 3.63) is 66.0 Å². The van der Waals surface area contributed by atoms with Crippen LogP contribution in [0.4, 0.5) is 0 Å². The first kappa shape index (κ1) is 52.7. The van der Waals surface area contributed by atoms with E-state index in [0.717, 1.165) is 85.2 Å². The van der Waals surface area contributed by atoms with Crippen LogP contribution in [0, 0.1) is 30.6 Å². The number of Topliss-reactive ketones (excluding diaryl/α,β-unsaturated/α-hetero) is 1. The first-order valence-electron chi connectivity index (χ1n) is 17.4. The molecule has 0 aliphatic carbocycles. The smallest absolute Gasteiger partial charge is 0.160 e. The Hall–Kier alpha value is -2.07. The molecule has 0 saturated carbocycles. The number of aliphatic imine (C=N–C) groups is 1. The summed E-state index contributed by atoms with van der Waals surface area (Å²) in [5.41, 5.74) is 4.98. The van der Waals surface area contributed by atoms with Crippen molar-refractivity contribution in [2.45, 2.75) is 129 Å². The molecule has 3 aliphatic rings. The largest absolute Gasteiger partial charge is 0.381 e. The van der Waals surface area contributed by atoms with E-state index in [2.05, 4.69) is 32.3 Å². The van der Waals surface area contributed by atoms with E-state index in [-0.39, 0.29) is 40.8 Å². The van der Waals surface area contributed by atoms with Crippen LogP contribution >= 0.6 is 9.90 Å². The zero-order valence-corrected chi connectivity index (χ0v) is 31.6. The van der Waals surface area contributed by atoms with Gasteiger partial charge in [-0.3, -0.25) is 4.79 Å². The highest BCUT2D eigenvalue weighted by Crippen LogP contribution is 2.28. The molecule has 284 valence electrons. The van der Waals surface area contributed by atoms with Crippen molar-refractivity contribution in [2.75, 3.05) is 33.0 Å². The van der Waals surface area contributed by atoms with Crippen molar-refractivity contribution >= 4 is 27.0 Å². The van der Waals surface area contributed by atoms with Gasteiger partial charge in [0.05, 0.1) is 0 Å². The van der Waals surface area contributed by atoms with Gasteiger partial charge in [-0.15, -0.1) is 6.58 Å². The quantitative estimate of drug-likeness (QED) is 0.150. The Morgan fingerprint density at radius 1 is 0.979 bits per heavy atom. The molecular weight excluding hydrogens is 611 g/mol. The highest BCUT2D eigenvalue weighted by Gasteiger charge is 2.22. The van der Waals surface area contributed by atoms with Crippen LogP contribution in [0.5, 0.6) is 0 Å². The normalized spacial score (nSPS) is 18.8. The average Bonchev–Trinajstić information content (AvgIpc) is 3.05. The number of carbonyl (C=O) groups excluding carboxylic acids is 1. The molecule has 5 nitrogen and oxygen atoms in total. The lowest BCUT2D eigenvalue weighted by atomic mass is 9.85. The van der Waals surface area contributed by atoms with Gasteiger partial charge in [0.15, 0.2) is 5.78 Å². The Bertz CT molecular complexity index is 1070. The second-order valence-electron chi connectivity index (χ2n) is 11.8. The van der Waals surface area contributed by atoms with Crippen LogP contribution in [0.15, 0.2) is 54.3 Å². The van der Waals surface area contributed by atoms with Gasteiger partial charge in [-0.1, -0.05) is 107 Å². The monoisotopic (exact) mass is 695 g/mol. The molecule has 48 heavy (non-hydrogen) atoms. The zero-order chi connectivity index (χ0) is 32.9. The summed E-state index contributed by atoms with van der Waals surface area (Å²) in [6.45, 7) is 28.5. The second-order valence-corrected chi connectivity index (χ2v) is 11.8. The number of aryl methyl sites for hydroxylation is 1. The van der Waals surface area contributed by atoms with E-state index in [0.29, 0.717) is 5.92 Å². The van der Waals surface area contributed by atoms with Crippen LogP contribution in [-0.4, -0.2) is 44.5 Å². The van der Waals surface area contributed by atoms with Gasteiger partial charge >= 0.3 is 0 Å². The molecule has 0 bridgehead atoms. The molecule has 1 aromatic carbocycles. The second kappa shape index (κ2) is 30.9. The van der Waals surface area contributed by atoms with Crippen LogP contribution in [0.25, 0.3) is 5.57 Å². The molecule has 3 heterocycles. The minimum Gasteiger partial charge on any atom is -0.381 e. The zero-order valence-electron chi connectivity index (χ0n) is 30.2.